The Bertz CT molecular complexity index is 543. The van der Waals surface area contributed by atoms with Gasteiger partial charge in [-0.1, -0.05) is 0 Å². The van der Waals surface area contributed by atoms with Crippen LogP contribution in [0, 0.1) is 0 Å². The molecule has 2 rings (SSSR count). The predicted octanol–water partition coefficient (Wildman–Crippen LogP) is -0.814. The lowest BCUT2D eigenvalue weighted by molar-refractivity contribution is -0.211. The van der Waals surface area contributed by atoms with E-state index >= 15 is 0 Å². The molecule has 0 aromatic heterocycles. The Morgan fingerprint density at radius 2 is 1.89 bits per heavy atom. The van der Waals surface area contributed by atoms with Gasteiger partial charge in [-0.15, -0.1) is 0 Å². The van der Waals surface area contributed by atoms with Gasteiger partial charge in [-0.25, -0.2) is 0 Å². The smallest absolute Gasteiger partial charge is 0.204 e. The molecule has 0 aromatic carbocycles. The minimum absolute atomic E-state index is 0.0397. The van der Waals surface area contributed by atoms with Gasteiger partial charge in [0.15, 0.2) is 0 Å². The number of aliphatic hydroxyl groups is 1. The number of nitrogens with one attached hydrogen (secondary N) is 1. The molecule has 0 spiro atoms. The third-order valence-corrected chi connectivity index (χ3v) is 5.48. The van der Waals surface area contributed by atoms with E-state index < -0.39 is 44.2 Å². The fraction of sp³-hybridized carbons (Fsp3) is 1.00. The highest BCUT2D eigenvalue weighted by Crippen LogP contribution is 2.39. The average molecular weight is 416 g/mol. The van der Waals surface area contributed by atoms with Crippen LogP contribution in [0.4, 0.5) is 0 Å². The molecule has 0 aliphatic carbocycles. The lowest BCUT2D eigenvalue weighted by Gasteiger charge is -2.32. The fourth-order valence-corrected chi connectivity index (χ4v) is 4.20. The summed E-state index contributed by atoms with van der Waals surface area (Å²) in [7, 11) is 6.90. The van der Waals surface area contributed by atoms with E-state index in [-0.39, 0.29) is 31.5 Å². The van der Waals surface area contributed by atoms with Crippen LogP contribution in [0.5, 0.6) is 0 Å². The van der Waals surface area contributed by atoms with E-state index in [9.17, 15) is 14.6 Å². The summed E-state index contributed by atoms with van der Waals surface area (Å²) in [5.41, 5.74) is 0. The quantitative estimate of drug-likeness (QED) is 0.348. The van der Waals surface area contributed by atoms with E-state index in [2.05, 4.69) is 5.09 Å². The summed E-state index contributed by atoms with van der Waals surface area (Å²) in [6.45, 7) is 7.36. The molecule has 9 nitrogen and oxygen atoms in total. The van der Waals surface area contributed by atoms with Crippen molar-refractivity contribution in [3.63, 3.8) is 0 Å². The second kappa shape index (κ2) is 10.4. The van der Waals surface area contributed by atoms with Crippen LogP contribution in [0.2, 0.25) is 0 Å². The van der Waals surface area contributed by atoms with Gasteiger partial charge in [0.25, 0.3) is 0 Å². The monoisotopic (exact) mass is 416 g/mol. The van der Waals surface area contributed by atoms with Crippen LogP contribution in [0.15, 0.2) is 0 Å². The molecular weight excluding hydrogens is 387 g/mol. The van der Waals surface area contributed by atoms with Crippen LogP contribution in [0.1, 0.15) is 34.1 Å². The summed E-state index contributed by atoms with van der Waals surface area (Å²) >= 11 is 0. The average Bonchev–Trinajstić information content (AvgIpc) is 3.04. The molecule has 2 aliphatic heterocycles. The molecule has 2 aliphatic rings. The minimum atomic E-state index is -4.55. The Hall–Kier alpha value is 0.0399. The Morgan fingerprint density at radius 1 is 1.21 bits per heavy atom. The first-order valence-corrected chi connectivity index (χ1v) is 11.0. The number of ether oxygens (including phenoxy) is 4. The van der Waals surface area contributed by atoms with Crippen molar-refractivity contribution in [2.24, 2.45) is 0 Å². The van der Waals surface area contributed by atoms with E-state index in [0.717, 1.165) is 0 Å². The first-order chi connectivity index (χ1) is 13.0. The summed E-state index contributed by atoms with van der Waals surface area (Å²) in [5.74, 6) is 0. The van der Waals surface area contributed by atoms with Crippen molar-refractivity contribution in [3.05, 3.63) is 0 Å². The first kappa shape index (κ1) is 24.3. The summed E-state index contributed by atoms with van der Waals surface area (Å²) in [6.07, 6.45) is -3.86. The van der Waals surface area contributed by atoms with Gasteiger partial charge >= 0.3 is 0 Å². The Balaban J connectivity index is 1.93. The third-order valence-electron chi connectivity index (χ3n) is 4.39. The molecule has 8 unspecified atom stereocenters. The Morgan fingerprint density at radius 3 is 2.50 bits per heavy atom. The molecule has 0 aromatic rings. The number of rotatable bonds is 10. The van der Waals surface area contributed by atoms with E-state index in [1.807, 2.05) is 27.7 Å². The number of hydrogen-bond acceptors (Lipinski definition) is 8. The van der Waals surface area contributed by atoms with Crippen LogP contribution in [-0.4, -0.2) is 88.7 Å². The van der Waals surface area contributed by atoms with Gasteiger partial charge in [-0.2, -0.15) is 0 Å². The standard InChI is InChI=1S/C16H30B2NO8P/c1-8(2)23-7-12-15(14(20)16(18)26-12)27-28(21,22)19-6-11-10(24-9(3)4)5-13(17)25-11/h8-16,20H,5-7H2,1-4H3,(H2,19,21,22)/p-1. The van der Waals surface area contributed by atoms with Crippen molar-refractivity contribution >= 4 is 23.4 Å². The molecule has 12 heteroatoms. The SMILES string of the molecule is [B]C1CC(OC(C)C)C(CNP(=O)([O-])OC2C(COC(C)C)OC([B])C2O)O1. The highest BCUT2D eigenvalue weighted by Gasteiger charge is 2.44. The predicted molar refractivity (Wildman–Crippen MR) is 101 cm³/mol. The van der Waals surface area contributed by atoms with Gasteiger partial charge in [0, 0.05) is 18.6 Å². The summed E-state index contributed by atoms with van der Waals surface area (Å²) in [4.78, 5) is 12.4. The largest absolute Gasteiger partial charge is 0.766 e. The summed E-state index contributed by atoms with van der Waals surface area (Å²) in [5, 5.41) is 12.5. The van der Waals surface area contributed by atoms with Gasteiger partial charge in [0.2, 0.25) is 7.75 Å². The van der Waals surface area contributed by atoms with Crippen molar-refractivity contribution in [2.45, 2.75) is 88.9 Å². The van der Waals surface area contributed by atoms with Crippen molar-refractivity contribution < 1.29 is 38.0 Å². The molecule has 0 amide bonds. The van der Waals surface area contributed by atoms with Crippen LogP contribution < -0.4 is 9.98 Å². The van der Waals surface area contributed by atoms with Gasteiger partial charge in [-0.3, -0.25) is 9.65 Å². The highest BCUT2D eigenvalue weighted by atomic mass is 31.2. The zero-order valence-corrected chi connectivity index (χ0v) is 17.6. The van der Waals surface area contributed by atoms with Crippen LogP contribution in [0.25, 0.3) is 0 Å². The third kappa shape index (κ3) is 7.07. The van der Waals surface area contributed by atoms with Crippen LogP contribution in [-0.2, 0) is 28.0 Å². The normalized spacial score (nSPS) is 38.4. The molecule has 0 bridgehead atoms. The van der Waals surface area contributed by atoms with Gasteiger partial charge in [0.1, 0.15) is 34.0 Å². The van der Waals surface area contributed by atoms with E-state index in [4.69, 9.17) is 39.2 Å². The van der Waals surface area contributed by atoms with Crippen LogP contribution >= 0.6 is 7.75 Å². The molecule has 0 saturated carbocycles. The summed E-state index contributed by atoms with van der Waals surface area (Å²) in [6, 6.07) is -1.59. The van der Waals surface area contributed by atoms with Gasteiger partial charge < -0.3 is 33.5 Å². The molecule has 2 saturated heterocycles. The van der Waals surface area contributed by atoms with E-state index in [1.165, 1.54) is 0 Å². The second-order valence-corrected chi connectivity index (χ2v) is 9.14. The summed E-state index contributed by atoms with van der Waals surface area (Å²) < 4.78 is 39.6. The lowest BCUT2D eigenvalue weighted by atomic mass is 9.93. The zero-order valence-electron chi connectivity index (χ0n) is 16.7. The molecule has 158 valence electrons. The topological polar surface area (TPSA) is 119 Å². The van der Waals surface area contributed by atoms with Crippen LogP contribution in [0.3, 0.4) is 0 Å². The Kier molecular flexibility index (Phi) is 9.01. The molecule has 4 radical (unpaired) electrons. The minimum Gasteiger partial charge on any atom is -0.766 e. The molecule has 2 fully saturated rings. The van der Waals surface area contributed by atoms with Crippen molar-refractivity contribution in [2.75, 3.05) is 13.2 Å². The Labute approximate surface area is 169 Å². The molecule has 8 atom stereocenters. The highest BCUT2D eigenvalue weighted by molar-refractivity contribution is 7.49. The number of hydrogen-bond donors (Lipinski definition) is 2. The zero-order chi connectivity index (χ0) is 21.1. The van der Waals surface area contributed by atoms with Crippen molar-refractivity contribution in [1.82, 2.24) is 5.09 Å². The first-order valence-electron chi connectivity index (χ1n) is 9.50. The van der Waals surface area contributed by atoms with Crippen molar-refractivity contribution in [3.8, 4) is 0 Å². The van der Waals surface area contributed by atoms with E-state index in [1.54, 1.807) is 0 Å². The molecule has 28 heavy (non-hydrogen) atoms. The van der Waals surface area contributed by atoms with Gasteiger partial charge in [-0.05, 0) is 34.1 Å². The fourth-order valence-electron chi connectivity index (χ4n) is 3.14. The molecule has 2 N–H and O–H groups in total. The molecular formula is C16H29B2NO8P-. The number of aliphatic hydroxyl groups excluding tert-OH is 1. The molecule has 2 heterocycles. The van der Waals surface area contributed by atoms with E-state index in [0.29, 0.717) is 6.42 Å². The van der Waals surface area contributed by atoms with Gasteiger partial charge in [0.05, 0.1) is 31.0 Å². The van der Waals surface area contributed by atoms with Crippen molar-refractivity contribution in [1.29, 1.82) is 0 Å². The lowest BCUT2D eigenvalue weighted by Crippen LogP contribution is -2.42. The maximum Gasteiger partial charge on any atom is 0.204 e. The maximum atomic E-state index is 12.4. The maximum absolute atomic E-state index is 12.4. The second-order valence-electron chi connectivity index (χ2n) is 7.61.